The molecule has 0 aliphatic heterocycles. The van der Waals surface area contributed by atoms with Crippen LogP contribution >= 0.6 is 11.3 Å². The van der Waals surface area contributed by atoms with Gasteiger partial charge in [0, 0.05) is 23.5 Å². The number of rotatable bonds is 6. The van der Waals surface area contributed by atoms with Gasteiger partial charge >= 0.3 is 5.69 Å². The standard InChI is InChI=1S/C20H19N5O2S/c1-14-11-17(15(2)23(14)12-16-7-4-3-5-8-16)18(26)13-24-20(27)25(22-21-24)19-9-6-10-28-19/h3-11H,12-13H2,1-2H3. The molecule has 0 saturated carbocycles. The number of aromatic nitrogens is 5. The Balaban J connectivity index is 1.58. The molecule has 4 rings (SSSR count). The molecule has 0 aliphatic carbocycles. The summed E-state index contributed by atoms with van der Waals surface area (Å²) in [5.74, 6) is -0.159. The van der Waals surface area contributed by atoms with Gasteiger partial charge in [0.15, 0.2) is 5.78 Å². The van der Waals surface area contributed by atoms with Crippen molar-refractivity contribution in [1.82, 2.24) is 24.4 Å². The van der Waals surface area contributed by atoms with Gasteiger partial charge in [0.2, 0.25) is 0 Å². The van der Waals surface area contributed by atoms with Crippen LogP contribution in [0.1, 0.15) is 27.3 Å². The highest BCUT2D eigenvalue weighted by molar-refractivity contribution is 7.12. The lowest BCUT2D eigenvalue weighted by molar-refractivity contribution is 0.0965. The minimum absolute atomic E-state index is 0.139. The summed E-state index contributed by atoms with van der Waals surface area (Å²) in [5.41, 5.74) is 3.22. The molecule has 0 radical (unpaired) electrons. The Bertz CT molecular complexity index is 1170. The summed E-state index contributed by atoms with van der Waals surface area (Å²) in [4.78, 5) is 25.3. The average Bonchev–Trinajstić information content (AvgIpc) is 3.40. The van der Waals surface area contributed by atoms with Gasteiger partial charge < -0.3 is 4.57 Å². The summed E-state index contributed by atoms with van der Waals surface area (Å²) >= 11 is 1.39. The van der Waals surface area contributed by atoms with E-state index in [1.54, 1.807) is 6.07 Å². The maximum Gasteiger partial charge on any atom is 0.369 e. The first kappa shape index (κ1) is 18.1. The fourth-order valence-corrected chi connectivity index (χ4v) is 3.88. The normalized spacial score (nSPS) is 11.1. The summed E-state index contributed by atoms with van der Waals surface area (Å²) in [6.45, 7) is 4.46. The maximum atomic E-state index is 12.9. The SMILES string of the molecule is Cc1cc(C(=O)Cn2nnn(-c3cccs3)c2=O)c(C)n1Cc1ccccc1. The minimum atomic E-state index is -0.422. The van der Waals surface area contributed by atoms with E-state index in [0.29, 0.717) is 17.1 Å². The van der Waals surface area contributed by atoms with Crippen LogP contribution in [-0.4, -0.2) is 30.1 Å². The predicted octanol–water partition coefficient (Wildman–Crippen LogP) is 2.84. The summed E-state index contributed by atoms with van der Waals surface area (Å²) in [6.07, 6.45) is 0. The van der Waals surface area contributed by atoms with Crippen LogP contribution in [0.4, 0.5) is 0 Å². The third-order valence-corrected chi connectivity index (χ3v) is 5.55. The topological polar surface area (TPSA) is 74.7 Å². The van der Waals surface area contributed by atoms with E-state index in [-0.39, 0.29) is 12.3 Å². The van der Waals surface area contributed by atoms with Crippen molar-refractivity contribution in [3.8, 4) is 5.00 Å². The van der Waals surface area contributed by atoms with Crippen molar-refractivity contribution in [1.29, 1.82) is 0 Å². The van der Waals surface area contributed by atoms with E-state index in [2.05, 4.69) is 27.1 Å². The number of ketones is 1. The number of benzene rings is 1. The largest absolute Gasteiger partial charge is 0.369 e. The highest BCUT2D eigenvalue weighted by atomic mass is 32.1. The molecule has 0 unspecified atom stereocenters. The van der Waals surface area contributed by atoms with Gasteiger partial charge in [-0.1, -0.05) is 30.3 Å². The fourth-order valence-electron chi connectivity index (χ4n) is 3.22. The molecule has 142 valence electrons. The van der Waals surface area contributed by atoms with Crippen LogP contribution < -0.4 is 5.69 Å². The van der Waals surface area contributed by atoms with Crippen molar-refractivity contribution in [2.75, 3.05) is 0 Å². The van der Waals surface area contributed by atoms with E-state index in [4.69, 9.17) is 0 Å². The lowest BCUT2D eigenvalue weighted by Crippen LogP contribution is -2.27. The number of carbonyl (C=O) groups is 1. The Morgan fingerprint density at radius 1 is 1.07 bits per heavy atom. The number of thiophene rings is 1. The van der Waals surface area contributed by atoms with Gasteiger partial charge in [-0.3, -0.25) is 4.79 Å². The van der Waals surface area contributed by atoms with Crippen LogP contribution in [0.25, 0.3) is 5.00 Å². The minimum Gasteiger partial charge on any atom is -0.344 e. The third kappa shape index (κ3) is 3.34. The zero-order valence-corrected chi connectivity index (χ0v) is 16.4. The Morgan fingerprint density at radius 3 is 2.57 bits per heavy atom. The molecule has 28 heavy (non-hydrogen) atoms. The molecule has 3 heterocycles. The third-order valence-electron chi connectivity index (χ3n) is 4.71. The van der Waals surface area contributed by atoms with E-state index < -0.39 is 5.69 Å². The molecule has 4 aromatic rings. The first-order valence-electron chi connectivity index (χ1n) is 8.85. The molecular weight excluding hydrogens is 374 g/mol. The molecular formula is C20H19N5O2S. The van der Waals surface area contributed by atoms with E-state index in [9.17, 15) is 9.59 Å². The van der Waals surface area contributed by atoms with Crippen molar-refractivity contribution in [2.24, 2.45) is 0 Å². The van der Waals surface area contributed by atoms with Crippen molar-refractivity contribution in [3.05, 3.63) is 86.9 Å². The Morgan fingerprint density at radius 2 is 1.86 bits per heavy atom. The van der Waals surface area contributed by atoms with E-state index in [0.717, 1.165) is 16.1 Å². The van der Waals surface area contributed by atoms with Gasteiger partial charge in [-0.15, -0.1) is 11.3 Å². The first-order valence-corrected chi connectivity index (χ1v) is 9.73. The van der Waals surface area contributed by atoms with E-state index in [1.807, 2.05) is 49.6 Å². The molecule has 1 aromatic carbocycles. The molecule has 3 aromatic heterocycles. The number of nitrogens with zero attached hydrogens (tertiary/aromatic N) is 5. The monoisotopic (exact) mass is 393 g/mol. The first-order chi connectivity index (χ1) is 13.5. The fraction of sp³-hybridized carbons (Fsp3) is 0.200. The van der Waals surface area contributed by atoms with Gasteiger partial charge in [-0.25, -0.2) is 4.79 Å². The van der Waals surface area contributed by atoms with Gasteiger partial charge in [0.05, 0.1) is 0 Å². The molecule has 0 aliphatic rings. The molecule has 0 fully saturated rings. The van der Waals surface area contributed by atoms with Gasteiger partial charge in [0.25, 0.3) is 0 Å². The van der Waals surface area contributed by atoms with Crippen LogP contribution in [0, 0.1) is 13.8 Å². The van der Waals surface area contributed by atoms with Gasteiger partial charge in [-0.05, 0) is 53.4 Å². The highest BCUT2D eigenvalue weighted by Crippen LogP contribution is 2.18. The number of hydrogen-bond donors (Lipinski definition) is 0. The Hall–Kier alpha value is -3.26. The maximum absolute atomic E-state index is 12.9. The lowest BCUT2D eigenvalue weighted by Gasteiger charge is -2.10. The molecule has 0 saturated heterocycles. The Labute approximate surface area is 165 Å². The molecule has 7 nitrogen and oxygen atoms in total. The number of aryl methyl sites for hydroxylation is 1. The lowest BCUT2D eigenvalue weighted by atomic mass is 10.1. The van der Waals surface area contributed by atoms with Crippen molar-refractivity contribution >= 4 is 17.1 Å². The van der Waals surface area contributed by atoms with Gasteiger partial charge in [-0.2, -0.15) is 9.36 Å². The van der Waals surface area contributed by atoms with Crippen LogP contribution in [0.2, 0.25) is 0 Å². The molecule has 0 atom stereocenters. The zero-order valence-electron chi connectivity index (χ0n) is 15.6. The Kier molecular flexibility index (Phi) is 4.79. The quantitative estimate of drug-likeness (QED) is 0.472. The summed E-state index contributed by atoms with van der Waals surface area (Å²) in [7, 11) is 0. The van der Waals surface area contributed by atoms with Crippen molar-refractivity contribution in [2.45, 2.75) is 26.9 Å². The molecule has 0 amide bonds. The molecule has 0 spiro atoms. The van der Waals surface area contributed by atoms with E-state index in [1.165, 1.54) is 21.6 Å². The predicted molar refractivity (Wildman–Crippen MR) is 107 cm³/mol. The van der Waals surface area contributed by atoms with Crippen molar-refractivity contribution < 1.29 is 4.79 Å². The smallest absolute Gasteiger partial charge is 0.344 e. The van der Waals surface area contributed by atoms with Crippen LogP contribution in [0.5, 0.6) is 0 Å². The second-order valence-corrected chi connectivity index (χ2v) is 7.49. The summed E-state index contributed by atoms with van der Waals surface area (Å²) in [5, 5.41) is 10.3. The van der Waals surface area contributed by atoms with Crippen LogP contribution in [0.3, 0.4) is 0 Å². The second-order valence-electron chi connectivity index (χ2n) is 6.56. The average molecular weight is 393 g/mol. The number of Topliss-reactive ketones (excluding diaryl/α,β-unsaturated/α-hetero) is 1. The molecule has 0 N–H and O–H groups in total. The van der Waals surface area contributed by atoms with E-state index >= 15 is 0 Å². The van der Waals surface area contributed by atoms with Crippen molar-refractivity contribution in [3.63, 3.8) is 0 Å². The molecule has 8 heteroatoms. The van der Waals surface area contributed by atoms with Crippen LogP contribution in [0.15, 0.2) is 58.7 Å². The number of tetrazole rings is 1. The number of hydrogen-bond acceptors (Lipinski definition) is 5. The number of carbonyl (C=O) groups excluding carboxylic acids is 1. The van der Waals surface area contributed by atoms with Crippen LogP contribution in [-0.2, 0) is 13.1 Å². The highest BCUT2D eigenvalue weighted by Gasteiger charge is 2.19. The zero-order chi connectivity index (χ0) is 19.7. The molecule has 0 bridgehead atoms. The van der Waals surface area contributed by atoms with Gasteiger partial charge in [0.1, 0.15) is 11.5 Å². The summed E-state index contributed by atoms with van der Waals surface area (Å²) in [6, 6.07) is 15.6. The second kappa shape index (κ2) is 7.40. The summed E-state index contributed by atoms with van der Waals surface area (Å²) < 4.78 is 4.41.